The lowest BCUT2D eigenvalue weighted by atomic mass is 10.1. The van der Waals surface area contributed by atoms with Gasteiger partial charge in [-0.1, -0.05) is 12.1 Å². The number of nitrogens with two attached hydrogens (primary N) is 1. The molecular weight excluding hydrogens is 286 g/mol. The maximum atomic E-state index is 12.6. The molecular formula is C15H17N3O2S. The van der Waals surface area contributed by atoms with Crippen LogP contribution >= 0.6 is 0 Å². The van der Waals surface area contributed by atoms with Crippen molar-refractivity contribution in [3.8, 4) is 11.1 Å². The fourth-order valence-corrected chi connectivity index (χ4v) is 4.05. The molecule has 1 aliphatic rings. The number of rotatable bonds is 3. The largest absolute Gasteiger partial charge is 0.384 e. The Balaban J connectivity index is 1.98. The van der Waals surface area contributed by atoms with Crippen molar-refractivity contribution in [3.63, 3.8) is 0 Å². The molecule has 0 saturated carbocycles. The van der Waals surface area contributed by atoms with Crippen LogP contribution in [0.3, 0.4) is 0 Å². The van der Waals surface area contributed by atoms with Crippen molar-refractivity contribution in [1.29, 1.82) is 0 Å². The van der Waals surface area contributed by atoms with E-state index in [9.17, 15) is 8.42 Å². The zero-order valence-electron chi connectivity index (χ0n) is 11.6. The summed E-state index contributed by atoms with van der Waals surface area (Å²) in [6.45, 7) is 1.21. The second-order valence-corrected chi connectivity index (χ2v) is 7.05. The minimum Gasteiger partial charge on any atom is -0.384 e. The molecule has 2 N–H and O–H groups in total. The third kappa shape index (κ3) is 2.77. The lowest BCUT2D eigenvalue weighted by Gasteiger charge is -2.16. The van der Waals surface area contributed by atoms with Gasteiger partial charge in [0, 0.05) is 24.8 Å². The molecule has 21 heavy (non-hydrogen) atoms. The van der Waals surface area contributed by atoms with Gasteiger partial charge in [-0.15, -0.1) is 0 Å². The fourth-order valence-electron chi connectivity index (χ4n) is 2.49. The Morgan fingerprint density at radius 3 is 2.48 bits per heavy atom. The van der Waals surface area contributed by atoms with E-state index in [4.69, 9.17) is 5.73 Å². The van der Waals surface area contributed by atoms with Gasteiger partial charge in [-0.05, 0) is 42.7 Å². The molecule has 0 spiro atoms. The Labute approximate surface area is 124 Å². The standard InChI is InChI=1S/C15H17N3O2S/c16-15-7-6-13(11-17-15)12-4-3-5-14(10-12)21(19,20)18-8-1-2-9-18/h3-7,10-11H,1-2,8-9H2,(H2,16,17). The monoisotopic (exact) mass is 303 g/mol. The smallest absolute Gasteiger partial charge is 0.243 e. The van der Waals surface area contributed by atoms with E-state index < -0.39 is 10.0 Å². The molecule has 6 heteroatoms. The molecule has 0 aliphatic carbocycles. The molecule has 3 rings (SSSR count). The Hall–Kier alpha value is -1.92. The van der Waals surface area contributed by atoms with E-state index in [-0.39, 0.29) is 0 Å². The Morgan fingerprint density at radius 2 is 1.81 bits per heavy atom. The first kappa shape index (κ1) is 14.0. The Morgan fingerprint density at radius 1 is 1.05 bits per heavy atom. The summed E-state index contributed by atoms with van der Waals surface area (Å²) in [6, 6.07) is 10.5. The van der Waals surface area contributed by atoms with Gasteiger partial charge in [0.15, 0.2) is 0 Å². The van der Waals surface area contributed by atoms with Crippen molar-refractivity contribution in [1.82, 2.24) is 9.29 Å². The first-order valence-corrected chi connectivity index (χ1v) is 8.33. The van der Waals surface area contributed by atoms with Crippen LogP contribution in [0.15, 0.2) is 47.5 Å². The lowest BCUT2D eigenvalue weighted by Crippen LogP contribution is -2.27. The first-order chi connectivity index (χ1) is 10.1. The number of nitrogens with zero attached hydrogens (tertiary/aromatic N) is 2. The summed E-state index contributed by atoms with van der Waals surface area (Å²) in [5.74, 6) is 0.444. The van der Waals surface area contributed by atoms with Crippen molar-refractivity contribution in [3.05, 3.63) is 42.6 Å². The molecule has 1 aromatic carbocycles. The van der Waals surface area contributed by atoms with Crippen molar-refractivity contribution in [2.24, 2.45) is 0 Å². The molecule has 0 unspecified atom stereocenters. The summed E-state index contributed by atoms with van der Waals surface area (Å²) >= 11 is 0. The van der Waals surface area contributed by atoms with Gasteiger partial charge in [-0.3, -0.25) is 0 Å². The molecule has 0 amide bonds. The Bertz CT molecular complexity index is 736. The molecule has 110 valence electrons. The molecule has 2 heterocycles. The summed E-state index contributed by atoms with van der Waals surface area (Å²) in [4.78, 5) is 4.37. The number of aromatic nitrogens is 1. The highest BCUT2D eigenvalue weighted by Gasteiger charge is 2.27. The van der Waals surface area contributed by atoms with Crippen LogP contribution < -0.4 is 5.73 Å². The van der Waals surface area contributed by atoms with E-state index in [0.29, 0.717) is 23.8 Å². The zero-order chi connectivity index (χ0) is 14.9. The predicted molar refractivity (Wildman–Crippen MR) is 82.1 cm³/mol. The highest BCUT2D eigenvalue weighted by Crippen LogP contribution is 2.26. The normalized spacial score (nSPS) is 16.2. The van der Waals surface area contributed by atoms with Gasteiger partial charge in [-0.25, -0.2) is 13.4 Å². The second-order valence-electron chi connectivity index (χ2n) is 5.11. The third-order valence-electron chi connectivity index (χ3n) is 3.66. The molecule has 0 atom stereocenters. The van der Waals surface area contributed by atoms with Crippen molar-refractivity contribution in [2.45, 2.75) is 17.7 Å². The quantitative estimate of drug-likeness (QED) is 0.942. The van der Waals surface area contributed by atoms with Gasteiger partial charge in [-0.2, -0.15) is 4.31 Å². The van der Waals surface area contributed by atoms with Gasteiger partial charge in [0.1, 0.15) is 5.82 Å². The van der Waals surface area contributed by atoms with Crippen molar-refractivity contribution in [2.75, 3.05) is 18.8 Å². The van der Waals surface area contributed by atoms with Crippen LogP contribution in [0.2, 0.25) is 0 Å². The van der Waals surface area contributed by atoms with E-state index in [0.717, 1.165) is 24.0 Å². The van der Waals surface area contributed by atoms with Gasteiger partial charge >= 0.3 is 0 Å². The summed E-state index contributed by atoms with van der Waals surface area (Å²) < 4.78 is 26.7. The number of hydrogen-bond acceptors (Lipinski definition) is 4. The van der Waals surface area contributed by atoms with Crippen LogP contribution in [0.5, 0.6) is 0 Å². The first-order valence-electron chi connectivity index (χ1n) is 6.89. The highest BCUT2D eigenvalue weighted by molar-refractivity contribution is 7.89. The minimum absolute atomic E-state index is 0.332. The highest BCUT2D eigenvalue weighted by atomic mass is 32.2. The maximum absolute atomic E-state index is 12.6. The molecule has 1 aromatic heterocycles. The average molecular weight is 303 g/mol. The van der Waals surface area contributed by atoms with E-state index >= 15 is 0 Å². The van der Waals surface area contributed by atoms with Crippen LogP contribution in [0, 0.1) is 0 Å². The molecule has 0 bridgehead atoms. The number of benzene rings is 1. The van der Waals surface area contributed by atoms with Crippen LogP contribution in [0.4, 0.5) is 5.82 Å². The number of sulfonamides is 1. The fraction of sp³-hybridized carbons (Fsp3) is 0.267. The van der Waals surface area contributed by atoms with E-state index in [1.165, 1.54) is 0 Å². The number of pyridine rings is 1. The third-order valence-corrected chi connectivity index (χ3v) is 5.55. The predicted octanol–water partition coefficient (Wildman–Crippen LogP) is 2.12. The molecule has 1 saturated heterocycles. The van der Waals surface area contributed by atoms with E-state index in [2.05, 4.69) is 4.98 Å². The summed E-state index contributed by atoms with van der Waals surface area (Å²) in [5.41, 5.74) is 7.24. The average Bonchev–Trinajstić information content (AvgIpc) is 3.03. The van der Waals surface area contributed by atoms with Crippen LogP contribution in [0.25, 0.3) is 11.1 Å². The van der Waals surface area contributed by atoms with Gasteiger partial charge in [0.25, 0.3) is 0 Å². The van der Waals surface area contributed by atoms with Crippen LogP contribution in [-0.2, 0) is 10.0 Å². The van der Waals surface area contributed by atoms with Crippen molar-refractivity contribution < 1.29 is 8.42 Å². The molecule has 0 radical (unpaired) electrons. The summed E-state index contributed by atoms with van der Waals surface area (Å²) in [6.07, 6.45) is 3.51. The Kier molecular flexibility index (Phi) is 3.65. The van der Waals surface area contributed by atoms with Gasteiger partial charge < -0.3 is 5.73 Å². The van der Waals surface area contributed by atoms with Crippen LogP contribution in [0.1, 0.15) is 12.8 Å². The molecule has 2 aromatic rings. The molecule has 1 fully saturated rings. The summed E-state index contributed by atoms with van der Waals surface area (Å²) in [5, 5.41) is 0. The maximum Gasteiger partial charge on any atom is 0.243 e. The van der Waals surface area contributed by atoms with Crippen LogP contribution in [-0.4, -0.2) is 30.8 Å². The van der Waals surface area contributed by atoms with Gasteiger partial charge in [0.05, 0.1) is 4.90 Å². The molecule has 1 aliphatic heterocycles. The number of anilines is 1. The van der Waals surface area contributed by atoms with E-state index in [1.807, 2.05) is 12.1 Å². The summed E-state index contributed by atoms with van der Waals surface area (Å²) in [7, 11) is -3.39. The topological polar surface area (TPSA) is 76.3 Å². The minimum atomic E-state index is -3.39. The number of nitrogen functional groups attached to an aromatic ring is 1. The van der Waals surface area contributed by atoms with E-state index in [1.54, 1.807) is 34.8 Å². The zero-order valence-corrected chi connectivity index (χ0v) is 12.4. The lowest BCUT2D eigenvalue weighted by molar-refractivity contribution is 0.477. The number of hydrogen-bond donors (Lipinski definition) is 1. The SMILES string of the molecule is Nc1ccc(-c2cccc(S(=O)(=O)N3CCCC3)c2)cn1. The van der Waals surface area contributed by atoms with Crippen molar-refractivity contribution >= 4 is 15.8 Å². The second kappa shape index (κ2) is 5.46. The molecule has 5 nitrogen and oxygen atoms in total. The van der Waals surface area contributed by atoms with Gasteiger partial charge in [0.2, 0.25) is 10.0 Å².